The van der Waals surface area contributed by atoms with Gasteiger partial charge in [0.2, 0.25) is 0 Å². The predicted molar refractivity (Wildman–Crippen MR) is 67.4 cm³/mol. The maximum absolute atomic E-state index is 10.6. The fraction of sp³-hybridized carbons (Fsp3) is 1.00. The van der Waals surface area contributed by atoms with Gasteiger partial charge in [-0.25, -0.2) is 0 Å². The van der Waals surface area contributed by atoms with E-state index in [1.165, 1.54) is 19.3 Å². The van der Waals surface area contributed by atoms with Gasteiger partial charge in [-0.2, -0.15) is 8.42 Å². The highest BCUT2D eigenvalue weighted by atomic mass is 32.2. The molecule has 2 bridgehead atoms. The molecule has 3 fully saturated rings. The largest absolute Gasteiger partial charge is 0.314 e. The highest BCUT2D eigenvalue weighted by molar-refractivity contribution is 7.85. The number of rotatable bonds is 5. The lowest BCUT2D eigenvalue weighted by Crippen LogP contribution is -2.55. The quantitative estimate of drug-likeness (QED) is 0.584. The Bertz CT molecular complexity index is 363. The van der Waals surface area contributed by atoms with Crippen molar-refractivity contribution in [3.05, 3.63) is 0 Å². The molecule has 0 aromatic heterocycles. The summed E-state index contributed by atoms with van der Waals surface area (Å²) in [5.41, 5.74) is 0.520. The zero-order valence-electron chi connectivity index (χ0n) is 10.6. The van der Waals surface area contributed by atoms with Crippen LogP contribution in [0.25, 0.3) is 0 Å². The molecule has 3 rings (SSSR count). The fourth-order valence-electron chi connectivity index (χ4n) is 3.43. The van der Waals surface area contributed by atoms with Crippen LogP contribution in [0.15, 0.2) is 0 Å². The summed E-state index contributed by atoms with van der Waals surface area (Å²) in [5.74, 6) is 1.53. The Kier molecular flexibility index (Phi) is 3.54. The van der Waals surface area contributed by atoms with E-state index in [1.54, 1.807) is 0 Å². The predicted octanol–water partition coefficient (Wildman–Crippen LogP) is 1.68. The van der Waals surface area contributed by atoms with Gasteiger partial charge < -0.3 is 5.32 Å². The molecular weight excluding hydrogens is 238 g/mol. The average Bonchev–Trinajstić information content (AvgIpc) is 2.23. The first kappa shape index (κ1) is 13.3. The second-order valence-electron chi connectivity index (χ2n) is 6.21. The molecule has 100 valence electrons. The van der Waals surface area contributed by atoms with Crippen molar-refractivity contribution in [3.8, 4) is 0 Å². The summed E-state index contributed by atoms with van der Waals surface area (Å²) in [6.45, 7) is 5.41. The SMILES string of the molecule is CC1(C)[C@@H]2CC(NCCCS(=O)(=O)O)C[C@H]1C2. The molecule has 0 amide bonds. The first-order valence-electron chi connectivity index (χ1n) is 6.47. The Balaban J connectivity index is 1.66. The van der Waals surface area contributed by atoms with Crippen molar-refractivity contribution in [1.82, 2.24) is 5.32 Å². The van der Waals surface area contributed by atoms with Gasteiger partial charge in [-0.15, -0.1) is 0 Å². The summed E-state index contributed by atoms with van der Waals surface area (Å²) in [7, 11) is -3.79. The third-order valence-electron chi connectivity index (χ3n) is 4.82. The molecule has 2 N–H and O–H groups in total. The highest BCUT2D eigenvalue weighted by Gasteiger charge is 2.52. The minimum absolute atomic E-state index is 0.134. The molecular formula is C12H23NO3S. The molecule has 0 aliphatic heterocycles. The summed E-state index contributed by atoms with van der Waals surface area (Å²) >= 11 is 0. The molecule has 4 nitrogen and oxygen atoms in total. The van der Waals surface area contributed by atoms with Crippen LogP contribution >= 0.6 is 0 Å². The van der Waals surface area contributed by atoms with Crippen molar-refractivity contribution in [1.29, 1.82) is 0 Å². The Morgan fingerprint density at radius 3 is 2.29 bits per heavy atom. The van der Waals surface area contributed by atoms with Gasteiger partial charge in [-0.05, 0) is 49.5 Å². The van der Waals surface area contributed by atoms with E-state index in [2.05, 4.69) is 19.2 Å². The van der Waals surface area contributed by atoms with Crippen LogP contribution in [0, 0.1) is 17.3 Å². The first-order chi connectivity index (χ1) is 7.79. The Morgan fingerprint density at radius 1 is 1.24 bits per heavy atom. The lowest BCUT2D eigenvalue weighted by Gasteiger charge is -2.59. The number of hydrogen-bond acceptors (Lipinski definition) is 3. The van der Waals surface area contributed by atoms with Gasteiger partial charge in [0.1, 0.15) is 0 Å². The van der Waals surface area contributed by atoms with Gasteiger partial charge in [-0.1, -0.05) is 13.8 Å². The molecule has 0 radical (unpaired) electrons. The highest BCUT2D eigenvalue weighted by Crippen LogP contribution is 2.58. The Morgan fingerprint density at radius 2 is 1.82 bits per heavy atom. The Hall–Kier alpha value is -0.130. The molecule has 1 unspecified atom stereocenters. The van der Waals surface area contributed by atoms with Crippen molar-refractivity contribution in [2.24, 2.45) is 17.3 Å². The molecule has 3 aliphatic rings. The van der Waals surface area contributed by atoms with E-state index in [0.717, 1.165) is 11.8 Å². The first-order valence-corrected chi connectivity index (χ1v) is 8.08. The molecule has 5 heteroatoms. The van der Waals surface area contributed by atoms with Gasteiger partial charge in [0.25, 0.3) is 10.1 Å². The minimum atomic E-state index is -3.79. The fourth-order valence-corrected chi connectivity index (χ4v) is 3.94. The van der Waals surface area contributed by atoms with E-state index in [9.17, 15) is 8.42 Å². The lowest BCUT2D eigenvalue weighted by molar-refractivity contribution is -0.0784. The van der Waals surface area contributed by atoms with Crippen LogP contribution in [0.3, 0.4) is 0 Å². The Labute approximate surface area is 104 Å². The molecule has 17 heavy (non-hydrogen) atoms. The van der Waals surface area contributed by atoms with Gasteiger partial charge in [0, 0.05) is 6.04 Å². The molecule has 0 heterocycles. The second-order valence-corrected chi connectivity index (χ2v) is 7.79. The van der Waals surface area contributed by atoms with Gasteiger partial charge in [-0.3, -0.25) is 4.55 Å². The van der Waals surface area contributed by atoms with Crippen LogP contribution in [0.5, 0.6) is 0 Å². The summed E-state index contributed by atoms with van der Waals surface area (Å²) < 4.78 is 29.7. The van der Waals surface area contributed by atoms with Crippen molar-refractivity contribution >= 4 is 10.1 Å². The van der Waals surface area contributed by atoms with Gasteiger partial charge >= 0.3 is 0 Å². The molecule has 3 aliphatic carbocycles. The zero-order chi connectivity index (χ0) is 12.7. The smallest absolute Gasteiger partial charge is 0.264 e. The molecule has 3 saturated carbocycles. The molecule has 0 spiro atoms. The number of fused-ring (bicyclic) bond motifs is 2. The monoisotopic (exact) mass is 261 g/mol. The van der Waals surface area contributed by atoms with E-state index in [1.807, 2.05) is 0 Å². The molecule has 0 aromatic rings. The zero-order valence-corrected chi connectivity index (χ0v) is 11.5. The molecule has 0 aromatic carbocycles. The second kappa shape index (κ2) is 4.52. The van der Waals surface area contributed by atoms with Crippen LogP contribution in [-0.2, 0) is 10.1 Å². The maximum Gasteiger partial charge on any atom is 0.264 e. The van der Waals surface area contributed by atoms with Crippen LogP contribution in [-0.4, -0.2) is 31.3 Å². The third kappa shape index (κ3) is 3.01. The van der Waals surface area contributed by atoms with E-state index in [0.29, 0.717) is 24.4 Å². The molecule has 3 atom stereocenters. The van der Waals surface area contributed by atoms with Gasteiger partial charge in [0.05, 0.1) is 5.75 Å². The molecule has 0 saturated heterocycles. The van der Waals surface area contributed by atoms with E-state index >= 15 is 0 Å². The van der Waals surface area contributed by atoms with Crippen LogP contribution in [0.1, 0.15) is 39.5 Å². The van der Waals surface area contributed by atoms with E-state index < -0.39 is 10.1 Å². The van der Waals surface area contributed by atoms with Crippen molar-refractivity contribution in [3.63, 3.8) is 0 Å². The van der Waals surface area contributed by atoms with E-state index in [4.69, 9.17) is 4.55 Å². The standard InChI is InChI=1S/C12H23NO3S/c1-12(2)9-6-10(12)8-11(7-9)13-4-3-5-17(14,15)16/h9-11,13H,3-8H2,1-2H3,(H,14,15,16)/t9-,10+,11?. The van der Waals surface area contributed by atoms with Crippen LogP contribution in [0.2, 0.25) is 0 Å². The summed E-state index contributed by atoms with van der Waals surface area (Å²) in [5, 5.41) is 3.42. The topological polar surface area (TPSA) is 66.4 Å². The summed E-state index contributed by atoms with van der Waals surface area (Å²) in [4.78, 5) is 0. The van der Waals surface area contributed by atoms with Crippen molar-refractivity contribution < 1.29 is 13.0 Å². The van der Waals surface area contributed by atoms with Crippen molar-refractivity contribution in [2.75, 3.05) is 12.3 Å². The van der Waals surface area contributed by atoms with E-state index in [-0.39, 0.29) is 5.75 Å². The minimum Gasteiger partial charge on any atom is -0.314 e. The van der Waals surface area contributed by atoms with Crippen LogP contribution < -0.4 is 5.32 Å². The summed E-state index contributed by atoms with van der Waals surface area (Å²) in [6.07, 6.45) is 4.30. The lowest BCUT2D eigenvalue weighted by atomic mass is 9.48. The maximum atomic E-state index is 10.6. The number of hydrogen-bond donors (Lipinski definition) is 2. The number of nitrogens with one attached hydrogen (secondary N) is 1. The normalized spacial score (nSPS) is 35.4. The third-order valence-corrected chi connectivity index (χ3v) is 5.63. The average molecular weight is 261 g/mol. The summed E-state index contributed by atoms with van der Waals surface area (Å²) in [6, 6.07) is 0.549. The van der Waals surface area contributed by atoms with Crippen molar-refractivity contribution in [2.45, 2.75) is 45.6 Å². The van der Waals surface area contributed by atoms with Gasteiger partial charge in [0.15, 0.2) is 0 Å². The van der Waals surface area contributed by atoms with Crippen LogP contribution in [0.4, 0.5) is 0 Å².